The van der Waals surface area contributed by atoms with Crippen molar-refractivity contribution in [1.29, 1.82) is 0 Å². The first-order valence-corrected chi connectivity index (χ1v) is 13.1. The summed E-state index contributed by atoms with van der Waals surface area (Å²) in [7, 11) is 3.19. The molecule has 1 aromatic carbocycles. The number of ether oxygens (including phenoxy) is 2. The van der Waals surface area contributed by atoms with Crippen LogP contribution in [0.3, 0.4) is 0 Å². The minimum atomic E-state index is -0.585. The number of nitrogens with zero attached hydrogens (tertiary/aromatic N) is 1. The molecule has 5 aliphatic rings. The van der Waals surface area contributed by atoms with Crippen LogP contribution in [0.1, 0.15) is 76.8 Å². The number of rotatable bonds is 6. The third kappa shape index (κ3) is 3.88. The summed E-state index contributed by atoms with van der Waals surface area (Å²) in [5, 5.41) is 4.14. The number of urea groups is 1. The molecule has 2 bridgehead atoms. The molecule has 1 heterocycles. The van der Waals surface area contributed by atoms with Gasteiger partial charge in [-0.3, -0.25) is 9.69 Å². The van der Waals surface area contributed by atoms with Gasteiger partial charge >= 0.3 is 12.0 Å². The van der Waals surface area contributed by atoms with Gasteiger partial charge in [0.1, 0.15) is 0 Å². The average Bonchev–Trinajstić information content (AvgIpc) is 2.75. The molecule has 190 valence electrons. The third-order valence-corrected chi connectivity index (χ3v) is 9.17. The lowest BCUT2D eigenvalue weighted by Gasteiger charge is -2.71. The zero-order chi connectivity index (χ0) is 25.2. The van der Waals surface area contributed by atoms with Gasteiger partial charge in [0.2, 0.25) is 0 Å². The summed E-state index contributed by atoms with van der Waals surface area (Å²) in [4.78, 5) is 27.6. The van der Waals surface area contributed by atoms with Crippen molar-refractivity contribution in [3.8, 4) is 0 Å². The molecule has 0 saturated heterocycles. The van der Waals surface area contributed by atoms with Gasteiger partial charge in [-0.1, -0.05) is 44.5 Å². The van der Waals surface area contributed by atoms with Crippen LogP contribution in [0.5, 0.6) is 0 Å². The molecule has 0 radical (unpaired) electrons. The zero-order valence-corrected chi connectivity index (χ0v) is 22.3. The topological polar surface area (TPSA) is 67.9 Å². The van der Waals surface area contributed by atoms with Gasteiger partial charge in [-0.05, 0) is 79.5 Å². The molecule has 1 aromatic rings. The molecular formula is C28H37ClN2O4. The van der Waals surface area contributed by atoms with Gasteiger partial charge in [0.15, 0.2) is 0 Å². The van der Waals surface area contributed by atoms with Crippen molar-refractivity contribution in [2.45, 2.75) is 89.3 Å². The van der Waals surface area contributed by atoms with Crippen LogP contribution in [0.2, 0.25) is 5.02 Å². The van der Waals surface area contributed by atoms with Gasteiger partial charge in [-0.25, -0.2) is 4.79 Å². The van der Waals surface area contributed by atoms with E-state index in [4.69, 9.17) is 21.1 Å². The number of carbonyl (C=O) groups excluding carboxylic acids is 2. The van der Waals surface area contributed by atoms with Crippen LogP contribution < -0.4 is 5.32 Å². The minimum Gasteiger partial charge on any atom is -0.469 e. The fourth-order valence-electron chi connectivity index (χ4n) is 6.73. The van der Waals surface area contributed by atoms with Crippen LogP contribution >= 0.6 is 11.6 Å². The number of esters is 1. The van der Waals surface area contributed by atoms with Gasteiger partial charge in [0.05, 0.1) is 29.7 Å². The van der Waals surface area contributed by atoms with E-state index >= 15 is 0 Å². The zero-order valence-electron chi connectivity index (χ0n) is 21.5. The Bertz CT molecular complexity index is 1070. The lowest BCUT2D eigenvalue weighted by Crippen LogP contribution is -2.79. The third-order valence-electron chi connectivity index (χ3n) is 8.82. The van der Waals surface area contributed by atoms with Crippen molar-refractivity contribution in [2.24, 2.45) is 10.8 Å². The Morgan fingerprint density at radius 1 is 1.23 bits per heavy atom. The molecule has 2 atom stereocenters. The van der Waals surface area contributed by atoms with Gasteiger partial charge in [0, 0.05) is 18.3 Å². The van der Waals surface area contributed by atoms with Crippen molar-refractivity contribution in [1.82, 2.24) is 10.2 Å². The van der Waals surface area contributed by atoms with E-state index in [2.05, 4.69) is 38.2 Å². The molecule has 0 aromatic heterocycles. The van der Waals surface area contributed by atoms with Crippen LogP contribution in [0.15, 0.2) is 30.0 Å². The second-order valence-corrected chi connectivity index (χ2v) is 12.8. The molecule has 4 saturated carbocycles. The maximum absolute atomic E-state index is 13.5. The first-order chi connectivity index (χ1) is 16.5. The lowest BCUT2D eigenvalue weighted by molar-refractivity contribution is -0.218. The number of methoxy groups -OCH3 is 2. The van der Waals surface area contributed by atoms with E-state index in [0.29, 0.717) is 19.3 Å². The molecule has 4 fully saturated rings. The number of carbonyl (C=O) groups is 2. The van der Waals surface area contributed by atoms with Crippen LogP contribution in [-0.4, -0.2) is 42.8 Å². The Labute approximate surface area is 213 Å². The molecule has 6 nitrogen and oxygen atoms in total. The van der Waals surface area contributed by atoms with Crippen molar-refractivity contribution < 1.29 is 19.1 Å². The molecule has 2 amide bonds. The summed E-state index contributed by atoms with van der Waals surface area (Å²) in [6.07, 6.45) is 8.49. The van der Waals surface area contributed by atoms with E-state index < -0.39 is 11.0 Å². The minimum absolute atomic E-state index is 0.101. The van der Waals surface area contributed by atoms with E-state index in [1.54, 1.807) is 7.11 Å². The molecule has 1 aliphatic heterocycles. The Balaban J connectivity index is 1.45. The lowest BCUT2D eigenvalue weighted by atomic mass is 9.38. The number of hydrogen-bond donors (Lipinski definition) is 1. The predicted molar refractivity (Wildman–Crippen MR) is 135 cm³/mol. The summed E-state index contributed by atoms with van der Waals surface area (Å²) in [6, 6.07) is 6.20. The smallest absolute Gasteiger partial charge is 0.322 e. The van der Waals surface area contributed by atoms with Crippen molar-refractivity contribution in [3.05, 3.63) is 46.1 Å². The van der Waals surface area contributed by atoms with Crippen LogP contribution in [0.4, 0.5) is 4.79 Å². The van der Waals surface area contributed by atoms with Crippen molar-refractivity contribution >= 4 is 23.6 Å². The van der Waals surface area contributed by atoms with Gasteiger partial charge in [0.25, 0.3) is 0 Å². The molecule has 4 aliphatic carbocycles. The second-order valence-electron chi connectivity index (χ2n) is 12.4. The van der Waals surface area contributed by atoms with Crippen molar-refractivity contribution in [3.63, 3.8) is 0 Å². The number of fused-ring (bicyclic) bond motifs is 1. The maximum atomic E-state index is 13.5. The van der Waals surface area contributed by atoms with Crippen LogP contribution in [0.25, 0.3) is 0 Å². The highest BCUT2D eigenvalue weighted by molar-refractivity contribution is 6.31. The molecule has 0 spiro atoms. The highest BCUT2D eigenvalue weighted by Crippen LogP contribution is 2.71. The summed E-state index contributed by atoms with van der Waals surface area (Å²) < 4.78 is 10.7. The SMILES string of the molecule is COC(=O)C12CC(N3C=C4CC(OC)CC[C@@]4(c4ccc(CCC(C)(C)C)c(Cl)c4)NC3=O)(C1)C2. The highest BCUT2D eigenvalue weighted by atomic mass is 35.5. The van der Waals surface area contributed by atoms with Gasteiger partial charge < -0.3 is 14.8 Å². The molecule has 7 heteroatoms. The summed E-state index contributed by atoms with van der Waals surface area (Å²) in [5.74, 6) is -0.155. The van der Waals surface area contributed by atoms with Gasteiger partial charge in [-0.2, -0.15) is 0 Å². The highest BCUT2D eigenvalue weighted by Gasteiger charge is 2.75. The van der Waals surface area contributed by atoms with E-state index in [9.17, 15) is 9.59 Å². The van der Waals surface area contributed by atoms with Crippen LogP contribution in [-0.2, 0) is 26.2 Å². The fraction of sp³-hybridized carbons (Fsp3) is 0.643. The number of nitrogens with one attached hydrogen (secondary N) is 1. The van der Waals surface area contributed by atoms with E-state index in [1.165, 1.54) is 7.11 Å². The number of benzene rings is 1. The fourth-order valence-corrected chi connectivity index (χ4v) is 7.00. The first-order valence-electron chi connectivity index (χ1n) is 12.7. The number of amides is 2. The van der Waals surface area contributed by atoms with E-state index in [1.807, 2.05) is 17.2 Å². The predicted octanol–water partition coefficient (Wildman–Crippen LogP) is 5.72. The Kier molecular flexibility index (Phi) is 5.80. The Morgan fingerprint density at radius 2 is 1.94 bits per heavy atom. The Hall–Kier alpha value is -2.05. The largest absolute Gasteiger partial charge is 0.469 e. The summed E-state index contributed by atoms with van der Waals surface area (Å²) in [6.45, 7) is 6.71. The van der Waals surface area contributed by atoms with Gasteiger partial charge in [-0.15, -0.1) is 0 Å². The normalized spacial score (nSPS) is 33.7. The molecule has 1 N–H and O–H groups in total. The van der Waals surface area contributed by atoms with Crippen LogP contribution in [0, 0.1) is 10.8 Å². The molecule has 1 unspecified atom stereocenters. The number of hydrogen-bond acceptors (Lipinski definition) is 4. The standard InChI is InChI=1S/C28H37ClN2O4/c1-25(2,3)10-8-18-6-7-19(13-22(18)29)28-11-9-21(34-4)12-20(28)14-31(24(33)30-28)27-15-26(16-27,17-27)23(32)35-5/h6-7,13-14,21H,8-12,15-17H2,1-5H3,(H,30,33)/t21?,26?,27?,28-/m0/s1. The average molecular weight is 501 g/mol. The summed E-state index contributed by atoms with van der Waals surface area (Å²) in [5.41, 5.74) is 2.28. The summed E-state index contributed by atoms with van der Waals surface area (Å²) >= 11 is 6.78. The van der Waals surface area contributed by atoms with Crippen molar-refractivity contribution in [2.75, 3.05) is 14.2 Å². The maximum Gasteiger partial charge on any atom is 0.322 e. The first kappa shape index (κ1) is 24.6. The molecule has 6 rings (SSSR count). The monoisotopic (exact) mass is 500 g/mol. The number of aryl methyl sites for hydroxylation is 1. The quantitative estimate of drug-likeness (QED) is 0.507. The second kappa shape index (κ2) is 8.24. The molecular weight excluding hydrogens is 464 g/mol. The van der Waals surface area contributed by atoms with E-state index in [0.717, 1.165) is 53.8 Å². The number of halogens is 1. The molecule has 35 heavy (non-hydrogen) atoms. The van der Waals surface area contributed by atoms with E-state index in [-0.39, 0.29) is 29.1 Å². The Morgan fingerprint density at radius 3 is 2.54 bits per heavy atom.